The molecule has 0 saturated heterocycles. The Kier molecular flexibility index (Phi) is 5.21. The Labute approximate surface area is 114 Å². The zero-order valence-electron chi connectivity index (χ0n) is 11.8. The number of hydrogen-bond donors (Lipinski definition) is 2. The van der Waals surface area contributed by atoms with Gasteiger partial charge in [-0.25, -0.2) is 4.98 Å². The molecule has 0 aliphatic heterocycles. The summed E-state index contributed by atoms with van der Waals surface area (Å²) < 4.78 is 5.63. The van der Waals surface area contributed by atoms with Crippen LogP contribution in [-0.4, -0.2) is 29.7 Å². The first kappa shape index (κ1) is 13.9. The molecule has 0 radical (unpaired) electrons. The van der Waals surface area contributed by atoms with Crippen molar-refractivity contribution >= 4 is 11.0 Å². The summed E-state index contributed by atoms with van der Waals surface area (Å²) in [6, 6.07) is 6.03. The van der Waals surface area contributed by atoms with Crippen molar-refractivity contribution in [3.05, 3.63) is 24.0 Å². The summed E-state index contributed by atoms with van der Waals surface area (Å²) in [7, 11) is 0. The van der Waals surface area contributed by atoms with E-state index in [2.05, 4.69) is 29.1 Å². The van der Waals surface area contributed by atoms with Crippen LogP contribution in [0.4, 0.5) is 0 Å². The number of nitrogens with one attached hydrogen (secondary N) is 2. The van der Waals surface area contributed by atoms with Crippen LogP contribution in [0.3, 0.4) is 0 Å². The first-order valence-electron chi connectivity index (χ1n) is 7.15. The second-order valence-corrected chi connectivity index (χ2v) is 4.71. The van der Waals surface area contributed by atoms with E-state index in [4.69, 9.17) is 4.74 Å². The molecule has 0 aliphatic rings. The van der Waals surface area contributed by atoms with Crippen LogP contribution in [0, 0.1) is 0 Å². The molecule has 0 spiro atoms. The first-order valence-corrected chi connectivity index (χ1v) is 7.15. The van der Waals surface area contributed by atoms with Gasteiger partial charge in [0.05, 0.1) is 17.6 Å². The molecule has 19 heavy (non-hydrogen) atoms. The predicted molar refractivity (Wildman–Crippen MR) is 78.7 cm³/mol. The van der Waals surface area contributed by atoms with E-state index >= 15 is 0 Å². The predicted octanol–water partition coefficient (Wildman–Crippen LogP) is 2.89. The lowest BCUT2D eigenvalue weighted by Crippen LogP contribution is -2.18. The van der Waals surface area contributed by atoms with Crippen molar-refractivity contribution in [2.75, 3.05) is 19.7 Å². The van der Waals surface area contributed by atoms with Crippen LogP contribution in [0.25, 0.3) is 11.0 Å². The van der Waals surface area contributed by atoms with Crippen LogP contribution >= 0.6 is 0 Å². The van der Waals surface area contributed by atoms with Crippen molar-refractivity contribution in [2.45, 2.75) is 33.1 Å². The molecular weight excluding hydrogens is 238 g/mol. The number of nitrogens with zero attached hydrogens (tertiary/aromatic N) is 1. The van der Waals surface area contributed by atoms with Crippen LogP contribution in [0.15, 0.2) is 18.2 Å². The van der Waals surface area contributed by atoms with Crippen LogP contribution in [0.2, 0.25) is 0 Å². The van der Waals surface area contributed by atoms with Crippen molar-refractivity contribution in [3.8, 4) is 5.75 Å². The van der Waals surface area contributed by atoms with E-state index in [-0.39, 0.29) is 0 Å². The van der Waals surface area contributed by atoms with Crippen molar-refractivity contribution < 1.29 is 4.74 Å². The Hall–Kier alpha value is -1.55. The summed E-state index contributed by atoms with van der Waals surface area (Å²) >= 11 is 0. The molecular formula is C15H23N3O. The second-order valence-electron chi connectivity index (χ2n) is 4.71. The number of benzene rings is 1. The number of hydrogen-bond acceptors (Lipinski definition) is 3. The van der Waals surface area contributed by atoms with Crippen molar-refractivity contribution in [2.24, 2.45) is 0 Å². The zero-order chi connectivity index (χ0) is 13.5. The molecule has 0 unspecified atom stereocenters. The summed E-state index contributed by atoms with van der Waals surface area (Å²) in [6.07, 6.45) is 3.12. The topological polar surface area (TPSA) is 49.9 Å². The standard InChI is InChI=1S/C15H23N3O/c1-3-8-16-9-7-15-17-13-6-5-12(19-10-4-2)11-14(13)18-15/h5-6,11,16H,3-4,7-10H2,1-2H3,(H,17,18). The number of imidazole rings is 1. The average Bonchev–Trinajstić information content (AvgIpc) is 2.83. The molecule has 2 N–H and O–H groups in total. The van der Waals surface area contributed by atoms with Gasteiger partial charge < -0.3 is 15.0 Å². The van der Waals surface area contributed by atoms with Gasteiger partial charge in [0.2, 0.25) is 0 Å². The lowest BCUT2D eigenvalue weighted by Gasteiger charge is -2.03. The van der Waals surface area contributed by atoms with Crippen molar-refractivity contribution in [3.63, 3.8) is 0 Å². The van der Waals surface area contributed by atoms with Gasteiger partial charge in [0, 0.05) is 19.0 Å². The van der Waals surface area contributed by atoms with E-state index in [1.54, 1.807) is 0 Å². The fourth-order valence-electron chi connectivity index (χ4n) is 1.98. The van der Waals surface area contributed by atoms with E-state index in [1.165, 1.54) is 0 Å². The lowest BCUT2D eigenvalue weighted by molar-refractivity contribution is 0.318. The summed E-state index contributed by atoms with van der Waals surface area (Å²) in [5, 5.41) is 3.38. The van der Waals surface area contributed by atoms with Crippen molar-refractivity contribution in [1.29, 1.82) is 0 Å². The van der Waals surface area contributed by atoms with Gasteiger partial charge in [0.1, 0.15) is 11.6 Å². The van der Waals surface area contributed by atoms with E-state index < -0.39 is 0 Å². The third-order valence-corrected chi connectivity index (χ3v) is 2.94. The van der Waals surface area contributed by atoms with E-state index in [1.807, 2.05) is 18.2 Å². The van der Waals surface area contributed by atoms with E-state index in [0.717, 1.165) is 61.6 Å². The average molecular weight is 261 g/mol. The van der Waals surface area contributed by atoms with Crippen LogP contribution in [0.5, 0.6) is 5.75 Å². The lowest BCUT2D eigenvalue weighted by atomic mass is 10.3. The highest BCUT2D eigenvalue weighted by atomic mass is 16.5. The maximum atomic E-state index is 5.63. The molecule has 0 saturated carbocycles. The van der Waals surface area contributed by atoms with Gasteiger partial charge in [-0.1, -0.05) is 13.8 Å². The normalized spacial score (nSPS) is 11.1. The zero-order valence-corrected chi connectivity index (χ0v) is 11.8. The summed E-state index contributed by atoms with van der Waals surface area (Å²) in [6.45, 7) is 7.07. The Morgan fingerprint density at radius 3 is 2.89 bits per heavy atom. The van der Waals surface area contributed by atoms with E-state index in [9.17, 15) is 0 Å². The highest BCUT2D eigenvalue weighted by molar-refractivity contribution is 5.76. The van der Waals surface area contributed by atoms with Gasteiger partial charge in [-0.15, -0.1) is 0 Å². The molecule has 0 atom stereocenters. The molecule has 0 fully saturated rings. The maximum Gasteiger partial charge on any atom is 0.121 e. The third-order valence-electron chi connectivity index (χ3n) is 2.94. The summed E-state index contributed by atoms with van der Waals surface area (Å²) in [4.78, 5) is 7.94. The minimum Gasteiger partial charge on any atom is -0.494 e. The number of H-pyrrole nitrogens is 1. The van der Waals surface area contributed by atoms with Crippen molar-refractivity contribution in [1.82, 2.24) is 15.3 Å². The SMILES string of the molecule is CCCNCCc1nc2ccc(OCCC)cc2[nH]1. The molecule has 1 heterocycles. The van der Waals surface area contributed by atoms with Gasteiger partial charge in [-0.2, -0.15) is 0 Å². The molecule has 2 aromatic rings. The van der Waals surface area contributed by atoms with Gasteiger partial charge in [0.25, 0.3) is 0 Å². The first-order chi connectivity index (χ1) is 9.33. The Morgan fingerprint density at radius 2 is 2.11 bits per heavy atom. The Bertz CT molecular complexity index is 507. The molecule has 2 rings (SSSR count). The summed E-state index contributed by atoms with van der Waals surface area (Å²) in [5.74, 6) is 1.94. The van der Waals surface area contributed by atoms with Gasteiger partial charge >= 0.3 is 0 Å². The minimum atomic E-state index is 0.757. The molecule has 0 bridgehead atoms. The molecule has 4 nitrogen and oxygen atoms in total. The summed E-state index contributed by atoms with van der Waals surface area (Å²) in [5.41, 5.74) is 2.06. The number of fused-ring (bicyclic) bond motifs is 1. The number of rotatable bonds is 8. The number of aromatic nitrogens is 2. The molecule has 1 aromatic carbocycles. The smallest absolute Gasteiger partial charge is 0.121 e. The molecule has 0 aliphatic carbocycles. The number of aromatic amines is 1. The van der Waals surface area contributed by atoms with Crippen LogP contribution in [0.1, 0.15) is 32.5 Å². The number of ether oxygens (including phenoxy) is 1. The third kappa shape index (κ3) is 3.96. The van der Waals surface area contributed by atoms with Gasteiger partial charge in [-0.05, 0) is 31.5 Å². The molecule has 4 heteroatoms. The molecule has 0 amide bonds. The van der Waals surface area contributed by atoms with Crippen LogP contribution in [-0.2, 0) is 6.42 Å². The minimum absolute atomic E-state index is 0.757. The molecule has 1 aromatic heterocycles. The maximum absolute atomic E-state index is 5.63. The fourth-order valence-corrected chi connectivity index (χ4v) is 1.98. The Balaban J connectivity index is 1.99. The van der Waals surface area contributed by atoms with E-state index in [0.29, 0.717) is 0 Å². The highest BCUT2D eigenvalue weighted by Gasteiger charge is 2.04. The quantitative estimate of drug-likeness (QED) is 0.718. The fraction of sp³-hybridized carbons (Fsp3) is 0.533. The van der Waals surface area contributed by atoms with Gasteiger partial charge in [0.15, 0.2) is 0 Å². The highest BCUT2D eigenvalue weighted by Crippen LogP contribution is 2.19. The molecule has 104 valence electrons. The van der Waals surface area contributed by atoms with Crippen LogP contribution < -0.4 is 10.1 Å². The Morgan fingerprint density at radius 1 is 1.21 bits per heavy atom. The second kappa shape index (κ2) is 7.14. The monoisotopic (exact) mass is 261 g/mol. The largest absolute Gasteiger partial charge is 0.494 e. The van der Waals surface area contributed by atoms with Gasteiger partial charge in [-0.3, -0.25) is 0 Å².